The lowest BCUT2D eigenvalue weighted by molar-refractivity contribution is 0.0928. The fraction of sp³-hybridized carbons (Fsp3) is 0.643. The maximum atomic E-state index is 8.60. The summed E-state index contributed by atoms with van der Waals surface area (Å²) in [5.41, 5.74) is 4.69. The van der Waals surface area contributed by atoms with Crippen molar-refractivity contribution in [3.8, 4) is 0 Å². The Kier molecular flexibility index (Phi) is 6.25. The second kappa shape index (κ2) is 7.46. The molecular formula is C14H24N2O2. The summed E-state index contributed by atoms with van der Waals surface area (Å²) < 4.78 is 5.22. The van der Waals surface area contributed by atoms with Crippen LogP contribution in [0.3, 0.4) is 0 Å². The Bertz CT molecular complexity index is 357. The van der Waals surface area contributed by atoms with Gasteiger partial charge in [-0.05, 0) is 44.9 Å². The van der Waals surface area contributed by atoms with Crippen LogP contribution in [0.5, 0.6) is 0 Å². The topological polar surface area (TPSA) is 54.4 Å². The third-order valence-corrected chi connectivity index (χ3v) is 2.95. The van der Waals surface area contributed by atoms with Crippen LogP contribution in [0.15, 0.2) is 6.07 Å². The molecule has 0 aliphatic heterocycles. The zero-order valence-corrected chi connectivity index (χ0v) is 11.8. The van der Waals surface area contributed by atoms with Crippen LogP contribution in [0.25, 0.3) is 0 Å². The molecule has 0 aromatic carbocycles. The normalized spacial score (nSPS) is 12.7. The molecule has 0 saturated carbocycles. The van der Waals surface area contributed by atoms with Gasteiger partial charge in [-0.2, -0.15) is 0 Å². The molecule has 102 valence electrons. The van der Waals surface area contributed by atoms with E-state index in [2.05, 4.69) is 37.1 Å². The number of hydrogen-bond donors (Lipinski definition) is 2. The second-order valence-corrected chi connectivity index (χ2v) is 4.59. The molecule has 0 fully saturated rings. The van der Waals surface area contributed by atoms with E-state index in [4.69, 9.17) is 9.84 Å². The molecule has 4 nitrogen and oxygen atoms in total. The number of ether oxygens (including phenoxy) is 1. The van der Waals surface area contributed by atoms with Crippen molar-refractivity contribution in [2.45, 2.75) is 33.7 Å². The number of aryl methyl sites for hydroxylation is 3. The van der Waals surface area contributed by atoms with Gasteiger partial charge >= 0.3 is 0 Å². The van der Waals surface area contributed by atoms with Gasteiger partial charge in [-0.3, -0.25) is 4.98 Å². The zero-order valence-electron chi connectivity index (χ0n) is 11.8. The van der Waals surface area contributed by atoms with Crippen molar-refractivity contribution in [2.24, 2.45) is 0 Å². The Hall–Kier alpha value is -0.970. The molecule has 0 amide bonds. The molecule has 1 atom stereocenters. The molecule has 1 rings (SSSR count). The number of nitrogens with zero attached hydrogens (tertiary/aromatic N) is 1. The first-order chi connectivity index (χ1) is 8.56. The molecule has 0 bridgehead atoms. The van der Waals surface area contributed by atoms with Gasteiger partial charge in [0.05, 0.1) is 19.8 Å². The molecule has 18 heavy (non-hydrogen) atoms. The van der Waals surface area contributed by atoms with Gasteiger partial charge in [0, 0.05) is 24.0 Å². The molecular weight excluding hydrogens is 228 g/mol. The summed E-state index contributed by atoms with van der Waals surface area (Å²) in [4.78, 5) is 4.51. The van der Waals surface area contributed by atoms with Crippen LogP contribution >= 0.6 is 0 Å². The molecule has 0 saturated heterocycles. The van der Waals surface area contributed by atoms with Crippen LogP contribution in [-0.2, 0) is 4.74 Å². The van der Waals surface area contributed by atoms with Crippen LogP contribution < -0.4 is 5.32 Å². The number of aliphatic hydroxyl groups is 1. The number of nitrogens with one attached hydrogen (secondary N) is 1. The lowest BCUT2D eigenvalue weighted by Crippen LogP contribution is -2.25. The molecule has 1 unspecified atom stereocenters. The molecule has 4 heteroatoms. The lowest BCUT2D eigenvalue weighted by atomic mass is 10.0. The fourth-order valence-corrected chi connectivity index (χ4v) is 2.30. The van der Waals surface area contributed by atoms with Gasteiger partial charge in [0.15, 0.2) is 0 Å². The first kappa shape index (κ1) is 15.1. The highest BCUT2D eigenvalue weighted by Gasteiger charge is 2.12. The van der Waals surface area contributed by atoms with E-state index in [-0.39, 0.29) is 12.6 Å². The minimum absolute atomic E-state index is 0.0790. The van der Waals surface area contributed by atoms with Gasteiger partial charge in [-0.1, -0.05) is 0 Å². The van der Waals surface area contributed by atoms with Gasteiger partial charge in [-0.15, -0.1) is 0 Å². The molecule has 2 N–H and O–H groups in total. The van der Waals surface area contributed by atoms with Gasteiger partial charge in [-0.25, -0.2) is 0 Å². The summed E-state index contributed by atoms with van der Waals surface area (Å²) in [6.45, 7) is 10.2. The largest absolute Gasteiger partial charge is 0.394 e. The van der Waals surface area contributed by atoms with E-state index in [1.165, 1.54) is 11.1 Å². The first-order valence-electron chi connectivity index (χ1n) is 6.43. The summed E-state index contributed by atoms with van der Waals surface area (Å²) in [7, 11) is 0. The third kappa shape index (κ3) is 4.37. The van der Waals surface area contributed by atoms with Gasteiger partial charge < -0.3 is 15.2 Å². The van der Waals surface area contributed by atoms with E-state index < -0.39 is 0 Å². The van der Waals surface area contributed by atoms with E-state index in [9.17, 15) is 0 Å². The van der Waals surface area contributed by atoms with Crippen LogP contribution in [0, 0.1) is 20.8 Å². The number of rotatable bonds is 7. The van der Waals surface area contributed by atoms with Gasteiger partial charge in [0.25, 0.3) is 0 Å². The summed E-state index contributed by atoms with van der Waals surface area (Å²) in [6, 6.07) is 2.37. The van der Waals surface area contributed by atoms with Crippen molar-refractivity contribution in [3.63, 3.8) is 0 Å². The van der Waals surface area contributed by atoms with Gasteiger partial charge in [0.2, 0.25) is 0 Å². The predicted molar refractivity (Wildman–Crippen MR) is 72.8 cm³/mol. The second-order valence-electron chi connectivity index (χ2n) is 4.59. The number of aromatic nitrogens is 1. The van der Waals surface area contributed by atoms with E-state index in [0.717, 1.165) is 17.9 Å². The number of aliphatic hydroxyl groups excluding tert-OH is 1. The van der Waals surface area contributed by atoms with E-state index in [1.807, 2.05) is 6.92 Å². The maximum Gasteiger partial charge on any atom is 0.0698 e. The average Bonchev–Trinajstić information content (AvgIpc) is 2.27. The Labute approximate surface area is 109 Å². The smallest absolute Gasteiger partial charge is 0.0698 e. The molecule has 1 heterocycles. The zero-order chi connectivity index (χ0) is 13.5. The number of pyridine rings is 1. The van der Waals surface area contributed by atoms with Crippen molar-refractivity contribution >= 4 is 0 Å². The van der Waals surface area contributed by atoms with Crippen molar-refractivity contribution in [3.05, 3.63) is 28.6 Å². The maximum absolute atomic E-state index is 8.60. The Morgan fingerprint density at radius 1 is 1.33 bits per heavy atom. The van der Waals surface area contributed by atoms with Crippen LogP contribution in [0.2, 0.25) is 0 Å². The van der Waals surface area contributed by atoms with Crippen molar-refractivity contribution in [1.82, 2.24) is 10.3 Å². The monoisotopic (exact) mass is 252 g/mol. The molecule has 0 spiro atoms. The highest BCUT2D eigenvalue weighted by molar-refractivity contribution is 5.33. The lowest BCUT2D eigenvalue weighted by Gasteiger charge is -2.19. The SMILES string of the molecule is Cc1cc(C)c(C(C)NCCOCCO)c(C)n1. The highest BCUT2D eigenvalue weighted by atomic mass is 16.5. The highest BCUT2D eigenvalue weighted by Crippen LogP contribution is 2.20. The Balaban J connectivity index is 2.53. The molecule has 1 aromatic rings. The van der Waals surface area contributed by atoms with E-state index >= 15 is 0 Å². The molecule has 0 aliphatic rings. The standard InChI is InChI=1S/C14H24N2O2/c1-10-9-11(2)16-13(4)14(10)12(3)15-5-7-18-8-6-17/h9,12,15,17H,5-8H2,1-4H3. The van der Waals surface area contributed by atoms with E-state index in [0.29, 0.717) is 13.2 Å². The summed E-state index contributed by atoms with van der Waals surface area (Å²) in [5, 5.41) is 12.0. The van der Waals surface area contributed by atoms with Crippen molar-refractivity contribution in [1.29, 1.82) is 0 Å². The summed E-state index contributed by atoms with van der Waals surface area (Å²) in [5.74, 6) is 0. The predicted octanol–water partition coefficient (Wildman–Crippen LogP) is 1.67. The van der Waals surface area contributed by atoms with Gasteiger partial charge in [0.1, 0.15) is 0 Å². The number of hydrogen-bond acceptors (Lipinski definition) is 4. The minimum Gasteiger partial charge on any atom is -0.394 e. The molecule has 0 aliphatic carbocycles. The molecule has 1 aromatic heterocycles. The van der Waals surface area contributed by atoms with E-state index in [1.54, 1.807) is 0 Å². The van der Waals surface area contributed by atoms with Crippen molar-refractivity contribution in [2.75, 3.05) is 26.4 Å². The van der Waals surface area contributed by atoms with Crippen molar-refractivity contribution < 1.29 is 9.84 Å². The van der Waals surface area contributed by atoms with Crippen LogP contribution in [0.4, 0.5) is 0 Å². The van der Waals surface area contributed by atoms with Crippen LogP contribution in [0.1, 0.15) is 35.5 Å². The molecule has 0 radical (unpaired) electrons. The summed E-state index contributed by atoms with van der Waals surface area (Å²) in [6.07, 6.45) is 0. The summed E-state index contributed by atoms with van der Waals surface area (Å²) >= 11 is 0. The fourth-order valence-electron chi connectivity index (χ4n) is 2.30. The average molecular weight is 252 g/mol. The first-order valence-corrected chi connectivity index (χ1v) is 6.43. The third-order valence-electron chi connectivity index (χ3n) is 2.95. The van der Waals surface area contributed by atoms with Crippen LogP contribution in [-0.4, -0.2) is 36.5 Å². The minimum atomic E-state index is 0.0790. The Morgan fingerprint density at radius 3 is 2.67 bits per heavy atom. The Morgan fingerprint density at radius 2 is 2.06 bits per heavy atom. The quantitative estimate of drug-likeness (QED) is 0.725.